The van der Waals surface area contributed by atoms with Crippen molar-refractivity contribution in [1.82, 2.24) is 39.9 Å². The largest absolute Gasteiger partial charge is 0.355 e. The van der Waals surface area contributed by atoms with Gasteiger partial charge in [0.25, 0.3) is 0 Å². The van der Waals surface area contributed by atoms with Gasteiger partial charge in [0.15, 0.2) is 0 Å². The fourth-order valence-electron chi connectivity index (χ4n) is 15.3. The Morgan fingerprint density at radius 1 is 0.271 bits per heavy atom. The lowest BCUT2D eigenvalue weighted by Gasteiger charge is -2.09. The van der Waals surface area contributed by atoms with Crippen LogP contribution in [0.15, 0.2) is 35.3 Å². The van der Waals surface area contributed by atoms with E-state index in [9.17, 15) is 0 Å². The molecule has 10 heterocycles. The third kappa shape index (κ3) is 10.4. The van der Waals surface area contributed by atoms with Crippen molar-refractivity contribution in [2.45, 2.75) is 214 Å². The summed E-state index contributed by atoms with van der Waals surface area (Å²) >= 11 is 3.73. The molecule has 0 amide bonds. The second-order valence-electron chi connectivity index (χ2n) is 23.0. The van der Waals surface area contributed by atoms with Crippen LogP contribution in [0.1, 0.15) is 269 Å². The molecule has 4 aliphatic heterocycles. The number of H-pyrrole nitrogens is 4. The van der Waals surface area contributed by atoms with Crippen molar-refractivity contribution in [2.75, 3.05) is 0 Å². The molecule has 4 aliphatic rings. The van der Waals surface area contributed by atoms with Crippen LogP contribution in [0.5, 0.6) is 0 Å². The Bertz CT molecular complexity index is 4200. The molecule has 4 N–H and O–H groups in total. The number of aryl methyl sites for hydroxylation is 8. The number of aromatic amines is 4. The van der Waals surface area contributed by atoms with E-state index < -0.39 is 0 Å². The molecule has 0 aliphatic carbocycles. The summed E-state index contributed by atoms with van der Waals surface area (Å²) in [6.45, 7) is 36.8. The van der Waals surface area contributed by atoms with Crippen molar-refractivity contribution in [3.05, 3.63) is 142 Å². The van der Waals surface area contributed by atoms with Crippen LogP contribution in [0.3, 0.4) is 0 Å². The fraction of sp³-hybridized carbons (Fsp3) is 0.421. The van der Waals surface area contributed by atoms with Crippen LogP contribution in [0.4, 0.5) is 0 Å². The molecular weight excluding hydrogens is 1100 g/mol. The molecule has 0 atom stereocenters. The Labute approximate surface area is 515 Å². The molecule has 0 radical (unpaired) electrons. The predicted molar refractivity (Wildman–Crippen MR) is 373 cm³/mol. The lowest BCUT2D eigenvalue weighted by Crippen LogP contribution is -1.94. The van der Waals surface area contributed by atoms with Gasteiger partial charge in [-0.1, -0.05) is 127 Å². The van der Waals surface area contributed by atoms with E-state index in [0.29, 0.717) is 0 Å². The van der Waals surface area contributed by atoms with Gasteiger partial charge in [-0.15, -0.1) is 0 Å². The summed E-state index contributed by atoms with van der Waals surface area (Å²) in [5.74, 6) is 0. The maximum atomic E-state index is 5.93. The van der Waals surface area contributed by atoms with Gasteiger partial charge in [0.05, 0.1) is 62.1 Å². The number of aromatic nitrogens is 8. The standard InChI is InChI=1S/C76H93BrN8/c1-17-42-44(19-3)63-38-65-46(21-5)52(27-11)71(80-65)58(72-53(28-12)47(22-6)66(81-72)39-64-45(20-4)43(18-2)62(79-64)37-61(42)78-63)33-34-59-73-54(29-13)48(23-7)67(82-73)40-69-50(25-9)56(31-15)75(84-69)60(35-36-77)76-57(32-16)51(26-10)70(85-76)41-68-49(24-8)55(30-14)74(59)83-68/h33-41,78,81-82,85H,17-32H2,1-16H3/b34-33+,36-35-,61-37?,62-37?,63-38?,64-39?,65-38?,66-39?,67-40?,68-41?,69-40?,70-41?,71-58?,72-58?,73-59?,74-59?,75-60?,76-60?. The van der Waals surface area contributed by atoms with Crippen molar-refractivity contribution in [2.24, 2.45) is 0 Å². The summed E-state index contributed by atoms with van der Waals surface area (Å²) in [5, 5.41) is 0. The number of rotatable bonds is 19. The van der Waals surface area contributed by atoms with Gasteiger partial charge in [-0.05, 0) is 245 Å². The first kappa shape index (κ1) is 61.3. The molecular formula is C76H93BrN8. The van der Waals surface area contributed by atoms with Crippen molar-refractivity contribution < 1.29 is 0 Å². The van der Waals surface area contributed by atoms with Gasteiger partial charge in [-0.25, -0.2) is 19.9 Å². The van der Waals surface area contributed by atoms with Gasteiger partial charge < -0.3 is 19.9 Å². The number of fused-ring (bicyclic) bond motifs is 16. The highest BCUT2D eigenvalue weighted by Gasteiger charge is 2.29. The van der Waals surface area contributed by atoms with Crippen LogP contribution >= 0.6 is 15.9 Å². The quantitative estimate of drug-likeness (QED) is 0.0647. The Kier molecular flexibility index (Phi) is 18.7. The summed E-state index contributed by atoms with van der Waals surface area (Å²) < 4.78 is 0. The fourth-order valence-corrected chi connectivity index (χ4v) is 15.5. The number of hydrogen-bond donors (Lipinski definition) is 4. The van der Waals surface area contributed by atoms with Gasteiger partial charge in [-0.3, -0.25) is 0 Å². The average molecular weight is 1200 g/mol. The minimum absolute atomic E-state index is 0.840. The van der Waals surface area contributed by atoms with Crippen molar-refractivity contribution >= 4 is 123 Å². The lowest BCUT2D eigenvalue weighted by atomic mass is 9.94. The van der Waals surface area contributed by atoms with E-state index in [1.165, 1.54) is 89.1 Å². The molecule has 0 aromatic carbocycles. The molecule has 0 saturated carbocycles. The van der Waals surface area contributed by atoms with Crippen LogP contribution in [0, 0.1) is 0 Å². The SMILES string of the molecule is CCC1=C(CC)c2cc3[nH]c(c(/C=C/c4c5nc(cc6[nH]c(c(/C=C\Br)c7nc(cc8[nH]c4c(CC)c8CC)C(CC)=C7CC)c(CC)c6CC)C(CC)=C5CC)c4nc(cc5[nH]c(cc1n2)c(CC)c5CC)C(CC)=C4CC)c(CC)c3CC. The highest BCUT2D eigenvalue weighted by Crippen LogP contribution is 2.45. The molecule has 8 nitrogen and oxygen atoms in total. The molecule has 6 aromatic rings. The molecule has 444 valence electrons. The molecule has 10 rings (SSSR count). The molecule has 0 spiro atoms. The number of hydrogen-bond acceptors (Lipinski definition) is 4. The van der Waals surface area contributed by atoms with Gasteiger partial charge in [0.2, 0.25) is 0 Å². The maximum Gasteiger partial charge on any atom is 0.0765 e. The van der Waals surface area contributed by atoms with Crippen LogP contribution in [-0.2, 0) is 51.4 Å². The monoisotopic (exact) mass is 1200 g/mol. The summed E-state index contributed by atoms with van der Waals surface area (Å²) in [7, 11) is 0. The topological polar surface area (TPSA) is 115 Å². The van der Waals surface area contributed by atoms with Gasteiger partial charge >= 0.3 is 0 Å². The third-order valence-electron chi connectivity index (χ3n) is 19.1. The van der Waals surface area contributed by atoms with E-state index in [1.54, 1.807) is 0 Å². The van der Waals surface area contributed by atoms with E-state index in [4.69, 9.17) is 19.9 Å². The number of allylic oxidation sites excluding steroid dienone is 8. The first-order valence-corrected chi connectivity index (χ1v) is 33.8. The first-order valence-electron chi connectivity index (χ1n) is 32.9. The lowest BCUT2D eigenvalue weighted by molar-refractivity contribution is 1.07. The zero-order valence-corrected chi connectivity index (χ0v) is 55.8. The van der Waals surface area contributed by atoms with Crippen molar-refractivity contribution in [3.8, 4) is 0 Å². The smallest absolute Gasteiger partial charge is 0.0765 e. The van der Waals surface area contributed by atoms with Gasteiger partial charge in [0.1, 0.15) is 0 Å². The third-order valence-corrected chi connectivity index (χ3v) is 19.4. The normalized spacial score (nSPS) is 13.9. The number of nitrogens with one attached hydrogen (secondary N) is 4. The first-order chi connectivity index (χ1) is 41.4. The van der Waals surface area contributed by atoms with E-state index in [1.807, 2.05) is 4.99 Å². The van der Waals surface area contributed by atoms with Crippen molar-refractivity contribution in [3.63, 3.8) is 0 Å². The molecule has 0 fully saturated rings. The second-order valence-corrected chi connectivity index (χ2v) is 23.5. The Morgan fingerprint density at radius 2 is 0.494 bits per heavy atom. The maximum absolute atomic E-state index is 5.93. The zero-order chi connectivity index (χ0) is 60.5. The molecule has 0 saturated heterocycles. The Hall–Kier alpha value is -6.84. The average Bonchev–Trinajstić information content (AvgIpc) is 2.61. The van der Waals surface area contributed by atoms with Gasteiger partial charge in [-0.2, -0.15) is 0 Å². The van der Waals surface area contributed by atoms with Crippen LogP contribution in [0.25, 0.3) is 107 Å². The van der Waals surface area contributed by atoms with Crippen LogP contribution in [-0.4, -0.2) is 39.9 Å². The summed E-state index contributed by atoms with van der Waals surface area (Å²) in [6, 6.07) is 11.8. The highest BCUT2D eigenvalue weighted by molar-refractivity contribution is 9.11. The Balaban J connectivity index is 1.45. The second kappa shape index (κ2) is 26.0. The summed E-state index contributed by atoms with van der Waals surface area (Å²) in [6.07, 6.45) is 21.2. The van der Waals surface area contributed by atoms with E-state index in [0.717, 1.165) is 209 Å². The van der Waals surface area contributed by atoms with Gasteiger partial charge in [0, 0.05) is 44.3 Å². The van der Waals surface area contributed by atoms with Crippen LogP contribution < -0.4 is 0 Å². The highest BCUT2D eigenvalue weighted by atomic mass is 79.9. The van der Waals surface area contributed by atoms with Crippen LogP contribution in [0.2, 0.25) is 0 Å². The summed E-state index contributed by atoms with van der Waals surface area (Å²) in [4.78, 5) is 41.5. The minimum atomic E-state index is 0.840. The minimum Gasteiger partial charge on any atom is -0.355 e. The molecule has 6 aromatic heterocycles. The molecule has 85 heavy (non-hydrogen) atoms. The van der Waals surface area contributed by atoms with E-state index in [2.05, 4.69) is 195 Å². The zero-order valence-electron chi connectivity index (χ0n) is 54.2. The molecule has 0 unspecified atom stereocenters. The number of halogens is 1. The predicted octanol–water partition coefficient (Wildman–Crippen LogP) is 21.9. The molecule has 16 bridgehead atoms. The number of nitrogens with zero attached hydrogens (tertiary/aromatic N) is 4. The Morgan fingerprint density at radius 3 is 0.741 bits per heavy atom. The molecule has 9 heteroatoms. The summed E-state index contributed by atoms with van der Waals surface area (Å²) in [5.41, 5.74) is 42.0. The van der Waals surface area contributed by atoms with Crippen molar-refractivity contribution in [1.29, 1.82) is 0 Å². The van der Waals surface area contributed by atoms with E-state index >= 15 is 0 Å². The van der Waals surface area contributed by atoms with E-state index in [-0.39, 0.29) is 0 Å².